The maximum absolute atomic E-state index is 12.7. The highest BCUT2D eigenvalue weighted by atomic mass is 19.4. The fourth-order valence-electron chi connectivity index (χ4n) is 3.27. The Morgan fingerprint density at radius 1 is 0.964 bits per heavy atom. The number of nitrogens with zero attached hydrogens (tertiary/aromatic N) is 2. The van der Waals surface area contributed by atoms with Crippen molar-refractivity contribution < 1.29 is 18.0 Å². The second kappa shape index (κ2) is 9.10. The molecule has 1 N–H and O–H groups in total. The lowest BCUT2D eigenvalue weighted by Gasteiger charge is -2.34. The molecule has 0 saturated carbocycles. The summed E-state index contributed by atoms with van der Waals surface area (Å²) < 4.78 is 38.2. The van der Waals surface area contributed by atoms with Gasteiger partial charge in [0.25, 0.3) is 0 Å². The fraction of sp³-hybridized carbons (Fsp3) is 0.381. The summed E-state index contributed by atoms with van der Waals surface area (Å²) in [5.41, 5.74) is 0.932. The van der Waals surface area contributed by atoms with E-state index in [0.29, 0.717) is 25.3 Å². The summed E-state index contributed by atoms with van der Waals surface area (Å²) in [6.45, 7) is 4.18. The van der Waals surface area contributed by atoms with Crippen molar-refractivity contribution in [2.75, 3.05) is 38.0 Å². The van der Waals surface area contributed by atoms with Crippen LogP contribution < -0.4 is 5.32 Å². The first-order chi connectivity index (χ1) is 13.4. The lowest BCUT2D eigenvalue weighted by Crippen LogP contribution is -2.48. The number of amides is 1. The number of hydrogen-bond acceptors (Lipinski definition) is 3. The average Bonchev–Trinajstić information content (AvgIpc) is 2.69. The third kappa shape index (κ3) is 5.73. The largest absolute Gasteiger partial charge is 0.416 e. The summed E-state index contributed by atoms with van der Waals surface area (Å²) in [5, 5.41) is 2.91. The van der Waals surface area contributed by atoms with Gasteiger partial charge in [-0.3, -0.25) is 9.69 Å². The quantitative estimate of drug-likeness (QED) is 0.813. The summed E-state index contributed by atoms with van der Waals surface area (Å²) >= 11 is 0. The molecule has 3 rings (SSSR count). The maximum Gasteiger partial charge on any atom is 0.416 e. The van der Waals surface area contributed by atoms with Crippen molar-refractivity contribution in [2.45, 2.75) is 19.1 Å². The highest BCUT2D eigenvalue weighted by Crippen LogP contribution is 2.30. The lowest BCUT2D eigenvalue weighted by molar-refractivity contribution is -0.137. The van der Waals surface area contributed by atoms with Gasteiger partial charge in [-0.15, -0.1) is 0 Å². The van der Waals surface area contributed by atoms with Crippen LogP contribution in [-0.4, -0.2) is 48.4 Å². The minimum atomic E-state index is -4.37. The van der Waals surface area contributed by atoms with E-state index < -0.39 is 11.7 Å². The topological polar surface area (TPSA) is 35.6 Å². The van der Waals surface area contributed by atoms with Gasteiger partial charge < -0.3 is 10.2 Å². The van der Waals surface area contributed by atoms with Gasteiger partial charge in [0, 0.05) is 51.4 Å². The van der Waals surface area contributed by atoms with Crippen LogP contribution in [0.3, 0.4) is 0 Å². The van der Waals surface area contributed by atoms with Crippen molar-refractivity contribution >= 4 is 11.6 Å². The molecule has 1 fully saturated rings. The average molecular weight is 391 g/mol. The molecule has 0 radical (unpaired) electrons. The molecular weight excluding hydrogens is 367 g/mol. The predicted molar refractivity (Wildman–Crippen MR) is 103 cm³/mol. The van der Waals surface area contributed by atoms with Crippen LogP contribution in [0.15, 0.2) is 54.6 Å². The second-order valence-corrected chi connectivity index (χ2v) is 6.90. The molecule has 1 aliphatic rings. The number of carbonyl (C=O) groups excluding carboxylic acids is 1. The molecule has 4 nitrogen and oxygen atoms in total. The molecule has 0 aromatic heterocycles. The molecule has 7 heteroatoms. The zero-order valence-corrected chi connectivity index (χ0v) is 15.6. The van der Waals surface area contributed by atoms with Gasteiger partial charge in [-0.05, 0) is 23.8 Å². The zero-order valence-electron chi connectivity index (χ0n) is 15.6. The monoisotopic (exact) mass is 391 g/mol. The minimum Gasteiger partial charge on any atom is -0.385 e. The number of nitrogens with one attached hydrogen (secondary N) is 1. The number of hydrogen-bond donors (Lipinski definition) is 1. The van der Waals surface area contributed by atoms with Crippen LogP contribution >= 0.6 is 0 Å². The standard InChI is InChI=1S/C21H24F3N3O/c22-21(23,24)18-7-4-8-19(15-18)25-10-9-20(28)27-13-11-26(12-14-27)16-17-5-2-1-3-6-17/h1-8,15,25H,9-14,16H2. The summed E-state index contributed by atoms with van der Waals surface area (Å²) in [6.07, 6.45) is -4.11. The SMILES string of the molecule is O=C(CCNc1cccc(C(F)(F)F)c1)N1CCN(Cc2ccccc2)CC1. The molecule has 0 spiro atoms. The van der Waals surface area contributed by atoms with E-state index in [1.807, 2.05) is 23.1 Å². The van der Waals surface area contributed by atoms with Crippen LogP contribution in [-0.2, 0) is 17.5 Å². The summed E-state index contributed by atoms with van der Waals surface area (Å²) in [4.78, 5) is 16.5. The van der Waals surface area contributed by atoms with Crippen LogP contribution in [0, 0.1) is 0 Å². The Labute approximate surface area is 162 Å². The molecule has 2 aromatic rings. The molecule has 2 aromatic carbocycles. The third-order valence-electron chi connectivity index (χ3n) is 4.83. The Kier molecular flexibility index (Phi) is 6.57. The first kappa shape index (κ1) is 20.2. The van der Waals surface area contributed by atoms with E-state index in [1.54, 1.807) is 6.07 Å². The molecule has 1 amide bonds. The number of rotatable bonds is 6. The van der Waals surface area contributed by atoms with Crippen molar-refractivity contribution in [1.29, 1.82) is 0 Å². The van der Waals surface area contributed by atoms with Crippen molar-refractivity contribution in [3.05, 3.63) is 65.7 Å². The van der Waals surface area contributed by atoms with E-state index in [4.69, 9.17) is 0 Å². The summed E-state index contributed by atoms with van der Waals surface area (Å²) in [5.74, 6) is 0.0267. The summed E-state index contributed by atoms with van der Waals surface area (Å²) in [6, 6.07) is 15.2. The van der Waals surface area contributed by atoms with Crippen LogP contribution in [0.5, 0.6) is 0 Å². The number of anilines is 1. The molecule has 150 valence electrons. The number of carbonyl (C=O) groups is 1. The fourth-order valence-corrected chi connectivity index (χ4v) is 3.27. The Morgan fingerprint density at radius 2 is 1.68 bits per heavy atom. The molecule has 28 heavy (non-hydrogen) atoms. The van der Waals surface area contributed by atoms with E-state index in [0.717, 1.165) is 31.8 Å². The van der Waals surface area contributed by atoms with Gasteiger partial charge in [0.15, 0.2) is 0 Å². The predicted octanol–water partition coefficient (Wildman–Crippen LogP) is 3.85. The molecule has 1 heterocycles. The van der Waals surface area contributed by atoms with Crippen LogP contribution in [0.2, 0.25) is 0 Å². The Bertz CT molecular complexity index is 772. The Hall–Kier alpha value is -2.54. The van der Waals surface area contributed by atoms with Crippen molar-refractivity contribution in [3.63, 3.8) is 0 Å². The summed E-state index contributed by atoms with van der Waals surface area (Å²) in [7, 11) is 0. The first-order valence-corrected chi connectivity index (χ1v) is 9.37. The van der Waals surface area contributed by atoms with Crippen LogP contribution in [0.4, 0.5) is 18.9 Å². The molecule has 0 aliphatic carbocycles. The molecule has 1 aliphatic heterocycles. The first-order valence-electron chi connectivity index (χ1n) is 9.37. The zero-order chi connectivity index (χ0) is 20.0. The van der Waals surface area contributed by atoms with Gasteiger partial charge >= 0.3 is 6.18 Å². The highest BCUT2D eigenvalue weighted by Gasteiger charge is 2.30. The molecular formula is C21H24F3N3O. The normalized spacial score (nSPS) is 15.5. The number of benzene rings is 2. The van der Waals surface area contributed by atoms with Gasteiger partial charge in [-0.25, -0.2) is 0 Å². The minimum absolute atomic E-state index is 0.0267. The van der Waals surface area contributed by atoms with Gasteiger partial charge in [0.1, 0.15) is 0 Å². The van der Waals surface area contributed by atoms with E-state index in [1.165, 1.54) is 11.6 Å². The van der Waals surface area contributed by atoms with Gasteiger partial charge in [0.2, 0.25) is 5.91 Å². The van der Waals surface area contributed by atoms with Crippen molar-refractivity contribution in [3.8, 4) is 0 Å². The Balaban J connectivity index is 1.40. The molecule has 0 atom stereocenters. The smallest absolute Gasteiger partial charge is 0.385 e. The number of alkyl halides is 3. The Morgan fingerprint density at radius 3 is 2.36 bits per heavy atom. The van der Waals surface area contributed by atoms with Crippen molar-refractivity contribution in [1.82, 2.24) is 9.80 Å². The maximum atomic E-state index is 12.7. The number of halogens is 3. The molecule has 0 bridgehead atoms. The van der Waals surface area contributed by atoms with E-state index in [-0.39, 0.29) is 12.3 Å². The second-order valence-electron chi connectivity index (χ2n) is 6.90. The van der Waals surface area contributed by atoms with E-state index in [2.05, 4.69) is 22.3 Å². The van der Waals surface area contributed by atoms with Crippen LogP contribution in [0.1, 0.15) is 17.5 Å². The number of piperazine rings is 1. The van der Waals surface area contributed by atoms with E-state index in [9.17, 15) is 18.0 Å². The van der Waals surface area contributed by atoms with Gasteiger partial charge in [0.05, 0.1) is 5.56 Å². The van der Waals surface area contributed by atoms with E-state index >= 15 is 0 Å². The van der Waals surface area contributed by atoms with Crippen molar-refractivity contribution in [2.24, 2.45) is 0 Å². The van der Waals surface area contributed by atoms with Crippen LogP contribution in [0.25, 0.3) is 0 Å². The molecule has 1 saturated heterocycles. The molecule has 0 unspecified atom stereocenters. The third-order valence-corrected chi connectivity index (χ3v) is 4.83. The van der Waals surface area contributed by atoms with Gasteiger partial charge in [-0.1, -0.05) is 36.4 Å². The highest BCUT2D eigenvalue weighted by molar-refractivity contribution is 5.76. The van der Waals surface area contributed by atoms with Gasteiger partial charge in [-0.2, -0.15) is 13.2 Å². The lowest BCUT2D eigenvalue weighted by atomic mass is 10.2.